The van der Waals surface area contributed by atoms with Crippen molar-refractivity contribution in [2.45, 2.75) is 0 Å². The summed E-state index contributed by atoms with van der Waals surface area (Å²) in [6.45, 7) is 0. The molecule has 0 bridgehead atoms. The number of hydrogen-bond donors (Lipinski definition) is 1. The maximum Gasteiger partial charge on any atom is 0.236 e. The third-order valence-corrected chi connectivity index (χ3v) is 2.67. The summed E-state index contributed by atoms with van der Waals surface area (Å²) in [5.74, 6) is 0.681. The summed E-state index contributed by atoms with van der Waals surface area (Å²) in [5.41, 5.74) is 6.51. The third-order valence-electron chi connectivity index (χ3n) is 1.95. The smallest absolute Gasteiger partial charge is 0.236 e. The SMILES string of the molecule is Nc1nn2c(-c3ccncc3)nnc2s1. The van der Waals surface area contributed by atoms with Crippen LogP contribution in [0.4, 0.5) is 5.13 Å². The maximum absolute atomic E-state index is 5.59. The molecule has 0 spiro atoms. The summed E-state index contributed by atoms with van der Waals surface area (Å²) in [4.78, 5) is 4.63. The Kier molecular flexibility index (Phi) is 1.65. The number of aromatic nitrogens is 5. The Labute approximate surface area is 88.4 Å². The van der Waals surface area contributed by atoms with Crippen LogP contribution in [-0.4, -0.2) is 24.8 Å². The molecule has 74 valence electrons. The van der Waals surface area contributed by atoms with Gasteiger partial charge in [-0.3, -0.25) is 4.98 Å². The van der Waals surface area contributed by atoms with Crippen LogP contribution in [0, 0.1) is 0 Å². The fourth-order valence-electron chi connectivity index (χ4n) is 1.31. The molecule has 3 aromatic rings. The fraction of sp³-hybridized carbons (Fsp3) is 0. The van der Waals surface area contributed by atoms with Crippen molar-refractivity contribution in [2.75, 3.05) is 5.73 Å². The molecule has 0 aliphatic carbocycles. The molecule has 0 saturated heterocycles. The van der Waals surface area contributed by atoms with Crippen LogP contribution in [-0.2, 0) is 0 Å². The number of nitrogens with zero attached hydrogens (tertiary/aromatic N) is 5. The number of anilines is 1. The van der Waals surface area contributed by atoms with E-state index >= 15 is 0 Å². The minimum atomic E-state index is 0.482. The zero-order valence-corrected chi connectivity index (χ0v) is 8.35. The molecule has 3 aromatic heterocycles. The Hall–Kier alpha value is -2.02. The Bertz CT molecular complexity index is 598. The van der Waals surface area contributed by atoms with Crippen molar-refractivity contribution in [3.63, 3.8) is 0 Å². The highest BCUT2D eigenvalue weighted by Crippen LogP contribution is 2.21. The highest BCUT2D eigenvalue weighted by atomic mass is 32.1. The Morgan fingerprint density at radius 3 is 2.80 bits per heavy atom. The van der Waals surface area contributed by atoms with Crippen LogP contribution in [0.5, 0.6) is 0 Å². The first-order chi connectivity index (χ1) is 7.34. The first-order valence-corrected chi connectivity index (χ1v) is 5.04. The normalized spacial score (nSPS) is 10.9. The number of fused-ring (bicyclic) bond motifs is 1. The predicted octanol–water partition coefficient (Wildman–Crippen LogP) is 0.830. The fourth-order valence-corrected chi connectivity index (χ4v) is 1.92. The molecule has 0 aliphatic heterocycles. The molecule has 0 radical (unpaired) electrons. The van der Waals surface area contributed by atoms with Gasteiger partial charge in [0.2, 0.25) is 10.1 Å². The lowest BCUT2D eigenvalue weighted by molar-refractivity contribution is 0.972. The first-order valence-electron chi connectivity index (χ1n) is 4.23. The average Bonchev–Trinajstić information content (AvgIpc) is 2.77. The van der Waals surface area contributed by atoms with Crippen LogP contribution < -0.4 is 5.73 Å². The van der Waals surface area contributed by atoms with E-state index in [1.807, 2.05) is 12.1 Å². The predicted molar refractivity (Wildman–Crippen MR) is 56.3 cm³/mol. The quantitative estimate of drug-likeness (QED) is 0.654. The Morgan fingerprint density at radius 1 is 1.20 bits per heavy atom. The van der Waals surface area contributed by atoms with Crippen LogP contribution in [0.3, 0.4) is 0 Å². The van der Waals surface area contributed by atoms with Gasteiger partial charge >= 0.3 is 0 Å². The summed E-state index contributed by atoms with van der Waals surface area (Å²) < 4.78 is 1.63. The molecule has 0 amide bonds. The summed E-state index contributed by atoms with van der Waals surface area (Å²) >= 11 is 1.31. The van der Waals surface area contributed by atoms with Crippen molar-refractivity contribution in [1.29, 1.82) is 0 Å². The summed E-state index contributed by atoms with van der Waals surface area (Å²) in [7, 11) is 0. The van der Waals surface area contributed by atoms with E-state index in [2.05, 4.69) is 20.3 Å². The molecule has 15 heavy (non-hydrogen) atoms. The molecule has 7 heteroatoms. The van der Waals surface area contributed by atoms with Gasteiger partial charge in [-0.25, -0.2) is 0 Å². The van der Waals surface area contributed by atoms with Crippen molar-refractivity contribution < 1.29 is 0 Å². The molecular formula is C8H6N6S. The van der Waals surface area contributed by atoms with Crippen molar-refractivity contribution in [3.8, 4) is 11.4 Å². The molecule has 0 atom stereocenters. The minimum Gasteiger partial charge on any atom is -0.374 e. The highest BCUT2D eigenvalue weighted by molar-refractivity contribution is 7.20. The average molecular weight is 218 g/mol. The molecule has 2 N–H and O–H groups in total. The van der Waals surface area contributed by atoms with E-state index in [0.717, 1.165) is 5.56 Å². The molecule has 3 rings (SSSR count). The summed E-state index contributed by atoms with van der Waals surface area (Å²) in [6, 6.07) is 3.71. The molecule has 0 aromatic carbocycles. The van der Waals surface area contributed by atoms with Gasteiger partial charge in [-0.15, -0.1) is 15.3 Å². The molecule has 0 aliphatic rings. The van der Waals surface area contributed by atoms with Crippen molar-refractivity contribution in [1.82, 2.24) is 24.8 Å². The second-order valence-electron chi connectivity index (χ2n) is 2.89. The monoisotopic (exact) mass is 218 g/mol. The summed E-state index contributed by atoms with van der Waals surface area (Å²) in [6.07, 6.45) is 3.40. The van der Waals surface area contributed by atoms with E-state index in [0.29, 0.717) is 15.9 Å². The van der Waals surface area contributed by atoms with Crippen molar-refractivity contribution in [3.05, 3.63) is 24.5 Å². The molecule has 0 saturated carbocycles. The Balaban J connectivity index is 2.27. The second kappa shape index (κ2) is 2.99. The standard InChI is InChI=1S/C8H6N6S/c9-7-13-14-6(11-12-8(14)15-7)5-1-3-10-4-2-5/h1-4H,(H2,9,13). The van der Waals surface area contributed by atoms with E-state index in [1.165, 1.54) is 11.3 Å². The van der Waals surface area contributed by atoms with E-state index in [9.17, 15) is 0 Å². The van der Waals surface area contributed by atoms with Gasteiger partial charge in [0.25, 0.3) is 0 Å². The van der Waals surface area contributed by atoms with Gasteiger partial charge < -0.3 is 5.73 Å². The van der Waals surface area contributed by atoms with Gasteiger partial charge in [-0.05, 0) is 12.1 Å². The largest absolute Gasteiger partial charge is 0.374 e. The first kappa shape index (κ1) is 8.30. The molecule has 0 unspecified atom stereocenters. The second-order valence-corrected chi connectivity index (χ2v) is 3.88. The van der Waals surface area contributed by atoms with Crippen LogP contribution in [0.2, 0.25) is 0 Å². The van der Waals surface area contributed by atoms with Gasteiger partial charge in [-0.1, -0.05) is 11.3 Å². The van der Waals surface area contributed by atoms with E-state index in [4.69, 9.17) is 5.73 Å². The lowest BCUT2D eigenvalue weighted by Gasteiger charge is -1.93. The zero-order chi connectivity index (χ0) is 10.3. The highest BCUT2D eigenvalue weighted by Gasteiger charge is 2.11. The summed E-state index contributed by atoms with van der Waals surface area (Å²) in [5, 5.41) is 12.6. The van der Waals surface area contributed by atoms with Crippen molar-refractivity contribution in [2.24, 2.45) is 0 Å². The van der Waals surface area contributed by atoms with Crippen LogP contribution >= 0.6 is 11.3 Å². The van der Waals surface area contributed by atoms with Gasteiger partial charge in [0, 0.05) is 18.0 Å². The molecule has 0 fully saturated rings. The Morgan fingerprint density at radius 2 is 2.00 bits per heavy atom. The van der Waals surface area contributed by atoms with Crippen LogP contribution in [0.1, 0.15) is 0 Å². The maximum atomic E-state index is 5.59. The van der Waals surface area contributed by atoms with Crippen molar-refractivity contribution >= 4 is 21.4 Å². The molecule has 6 nitrogen and oxygen atoms in total. The molecule has 3 heterocycles. The minimum absolute atomic E-state index is 0.482. The number of nitrogens with two attached hydrogens (primary N) is 1. The zero-order valence-electron chi connectivity index (χ0n) is 7.53. The van der Waals surface area contributed by atoms with Crippen LogP contribution in [0.25, 0.3) is 16.3 Å². The number of pyridine rings is 1. The number of hydrogen-bond acceptors (Lipinski definition) is 6. The lowest BCUT2D eigenvalue weighted by atomic mass is 10.2. The lowest BCUT2D eigenvalue weighted by Crippen LogP contribution is -1.92. The van der Waals surface area contributed by atoms with Gasteiger partial charge in [-0.2, -0.15) is 4.52 Å². The number of nitrogen functional groups attached to an aromatic ring is 1. The van der Waals surface area contributed by atoms with E-state index < -0.39 is 0 Å². The van der Waals surface area contributed by atoms with Gasteiger partial charge in [0.1, 0.15) is 0 Å². The van der Waals surface area contributed by atoms with Gasteiger partial charge in [0.15, 0.2) is 5.82 Å². The van der Waals surface area contributed by atoms with E-state index in [1.54, 1.807) is 16.9 Å². The van der Waals surface area contributed by atoms with E-state index in [-0.39, 0.29) is 0 Å². The van der Waals surface area contributed by atoms with Crippen LogP contribution in [0.15, 0.2) is 24.5 Å². The number of rotatable bonds is 1. The third kappa shape index (κ3) is 1.24. The topological polar surface area (TPSA) is 82.0 Å². The molecular weight excluding hydrogens is 212 g/mol. The van der Waals surface area contributed by atoms with Gasteiger partial charge in [0.05, 0.1) is 0 Å².